The van der Waals surface area contributed by atoms with Gasteiger partial charge >= 0.3 is 0 Å². The molecule has 2 amide bonds. The van der Waals surface area contributed by atoms with E-state index in [0.717, 1.165) is 40.0 Å². The first-order valence-corrected chi connectivity index (χ1v) is 21.9. The highest BCUT2D eigenvalue weighted by molar-refractivity contribution is 5.97. The van der Waals surface area contributed by atoms with Gasteiger partial charge < -0.3 is 45.4 Å². The maximum atomic E-state index is 14.4. The molecule has 3 aliphatic carbocycles. The monoisotopic (exact) mass is 843 g/mol. The number of ether oxygens (including phenoxy) is 1. The molecule has 3 aromatic carbocycles. The molecule has 9 atom stereocenters. The number of aliphatic hydroxyl groups excluding tert-OH is 3. The van der Waals surface area contributed by atoms with Gasteiger partial charge in [-0.05, 0) is 98.8 Å². The average Bonchev–Trinajstić information content (AvgIpc) is 3.59. The van der Waals surface area contributed by atoms with Gasteiger partial charge in [-0.1, -0.05) is 57.2 Å². The highest BCUT2D eigenvalue weighted by Crippen LogP contribution is 2.61. The normalized spacial score (nSPS) is 25.4. The quantitative estimate of drug-likeness (QED) is 0.124. The molecular weight excluding hydrogens is 773 g/mol. The van der Waals surface area contributed by atoms with Crippen LogP contribution < -0.4 is 25.2 Å². The van der Waals surface area contributed by atoms with Crippen molar-refractivity contribution in [3.8, 4) is 16.9 Å². The molecule has 1 aliphatic heterocycles. The van der Waals surface area contributed by atoms with Crippen LogP contribution in [0.2, 0.25) is 0 Å². The van der Waals surface area contributed by atoms with E-state index in [1.54, 1.807) is 19.1 Å². The summed E-state index contributed by atoms with van der Waals surface area (Å²) in [5.41, 5.74) is 5.95. The molecule has 0 radical (unpaired) electrons. The van der Waals surface area contributed by atoms with Gasteiger partial charge in [-0.3, -0.25) is 14.4 Å². The largest absolute Gasteiger partial charge is 0.496 e. The second-order valence-electron chi connectivity index (χ2n) is 18.8. The number of nitrogens with zero attached hydrogens (tertiary/aromatic N) is 4. The number of likely N-dealkylation sites (N-methyl/N-ethyl adjacent to an activating group) is 2. The van der Waals surface area contributed by atoms with Gasteiger partial charge in [-0.15, -0.1) is 0 Å². The third kappa shape index (κ3) is 9.87. The van der Waals surface area contributed by atoms with Crippen molar-refractivity contribution < 1.29 is 34.5 Å². The predicted molar refractivity (Wildman–Crippen MR) is 241 cm³/mol. The lowest BCUT2D eigenvalue weighted by atomic mass is 9.45. The number of carbonyl (C=O) groups excluding carboxylic acids is 2. The maximum Gasteiger partial charge on any atom is 0.251 e. The first-order chi connectivity index (χ1) is 29.0. The summed E-state index contributed by atoms with van der Waals surface area (Å²) in [7, 11) is 11.4. The number of hydrogen-bond acceptors (Lipinski definition) is 11. The molecule has 13 heteroatoms. The van der Waals surface area contributed by atoms with Crippen molar-refractivity contribution in [3.05, 3.63) is 77.4 Å². The number of aliphatic hydroxyl groups is 3. The summed E-state index contributed by atoms with van der Waals surface area (Å²) in [6, 6.07) is 18.6. The smallest absolute Gasteiger partial charge is 0.251 e. The Bertz CT molecular complexity index is 1990. The lowest BCUT2D eigenvalue weighted by Gasteiger charge is -2.62. The average molecular weight is 843 g/mol. The van der Waals surface area contributed by atoms with Gasteiger partial charge in [0.2, 0.25) is 5.91 Å². The summed E-state index contributed by atoms with van der Waals surface area (Å²) in [5.74, 6) is 0.903. The minimum absolute atomic E-state index is 0.0229. The molecule has 0 aromatic heterocycles. The molecule has 1 saturated heterocycles. The van der Waals surface area contributed by atoms with Crippen LogP contribution in [-0.2, 0) is 22.6 Å². The Hall–Kier alpha value is -4.24. The zero-order valence-corrected chi connectivity index (χ0v) is 37.9. The number of para-hydroxylation sites is 2. The number of carbonyl (C=O) groups is 2. The Balaban J connectivity index is 1.28. The lowest BCUT2D eigenvalue weighted by molar-refractivity contribution is -0.183. The maximum absolute atomic E-state index is 14.4. The van der Waals surface area contributed by atoms with Gasteiger partial charge in [0.1, 0.15) is 17.9 Å². The zero-order valence-electron chi connectivity index (χ0n) is 37.9. The molecule has 5 N–H and O–H groups in total. The van der Waals surface area contributed by atoms with Crippen LogP contribution in [0.1, 0.15) is 62.0 Å². The topological polar surface area (TPSA) is 150 Å². The highest BCUT2D eigenvalue weighted by Gasteiger charge is 2.57. The number of rotatable bonds is 18. The molecule has 0 spiro atoms. The Morgan fingerprint density at radius 2 is 1.72 bits per heavy atom. The molecule has 0 unspecified atom stereocenters. The molecule has 13 nitrogen and oxygen atoms in total. The number of amides is 2. The fourth-order valence-electron chi connectivity index (χ4n) is 10.4. The van der Waals surface area contributed by atoms with E-state index in [9.17, 15) is 24.9 Å². The molecule has 3 aromatic rings. The SMILES string of the molecule is COc1c(CN2O[C@@H](CO)[C@@H]([C@H](C)O)[C@H]2C(=O)N[C@H]2C[C@@H]3C[C@@H]([C@@H]2C)C3(C)C)cccc1-c1cc(C(=O)N[C@@H](Cc2ccccc2N(C)CCO)CN(C)C)cc(N(C)C)c1. The predicted octanol–water partition coefficient (Wildman–Crippen LogP) is 4.42. The summed E-state index contributed by atoms with van der Waals surface area (Å²) in [6.07, 6.45) is 1.01. The molecule has 61 heavy (non-hydrogen) atoms. The first kappa shape index (κ1) is 46.3. The molecule has 4 aliphatic rings. The molecule has 4 fully saturated rings. The van der Waals surface area contributed by atoms with E-state index in [4.69, 9.17) is 9.57 Å². The summed E-state index contributed by atoms with van der Waals surface area (Å²) in [5, 5.41) is 39.3. The Labute approximate surface area is 363 Å². The van der Waals surface area contributed by atoms with Crippen LogP contribution in [0.4, 0.5) is 11.4 Å². The number of hydroxylamine groups is 2. The number of hydrogen-bond donors (Lipinski definition) is 5. The Kier molecular flexibility index (Phi) is 14.7. The first-order valence-electron chi connectivity index (χ1n) is 21.9. The van der Waals surface area contributed by atoms with Crippen LogP contribution in [0.15, 0.2) is 60.7 Å². The zero-order chi connectivity index (χ0) is 44.3. The molecule has 3 saturated carbocycles. The molecule has 2 bridgehead atoms. The van der Waals surface area contributed by atoms with Crippen molar-refractivity contribution in [2.45, 2.75) is 83.8 Å². The molecular formula is C48H70N6O7. The van der Waals surface area contributed by atoms with Crippen molar-refractivity contribution in [1.82, 2.24) is 20.6 Å². The molecule has 1 heterocycles. The van der Waals surface area contributed by atoms with Crippen LogP contribution in [-0.4, -0.2) is 136 Å². The van der Waals surface area contributed by atoms with Crippen molar-refractivity contribution in [1.29, 1.82) is 0 Å². The fourth-order valence-corrected chi connectivity index (χ4v) is 10.4. The third-order valence-electron chi connectivity index (χ3n) is 13.9. The summed E-state index contributed by atoms with van der Waals surface area (Å²) >= 11 is 0. The number of methoxy groups -OCH3 is 1. The van der Waals surface area contributed by atoms with Crippen LogP contribution in [0.5, 0.6) is 5.75 Å². The second kappa shape index (κ2) is 19.4. The van der Waals surface area contributed by atoms with Gasteiger partial charge in [0.25, 0.3) is 5.91 Å². The minimum atomic E-state index is -0.916. The van der Waals surface area contributed by atoms with Gasteiger partial charge in [0.05, 0.1) is 33.0 Å². The van der Waals surface area contributed by atoms with Gasteiger partial charge in [0, 0.05) is 80.3 Å². The number of nitrogens with one attached hydrogen (secondary N) is 2. The van der Waals surface area contributed by atoms with Crippen molar-refractivity contribution >= 4 is 23.2 Å². The van der Waals surface area contributed by atoms with E-state index in [-0.39, 0.29) is 49.1 Å². The van der Waals surface area contributed by atoms with Crippen LogP contribution in [0.25, 0.3) is 11.1 Å². The summed E-state index contributed by atoms with van der Waals surface area (Å²) in [4.78, 5) is 41.0. The molecule has 7 rings (SSSR count). The fraction of sp³-hybridized carbons (Fsp3) is 0.583. The van der Waals surface area contributed by atoms with Gasteiger partial charge in [0.15, 0.2) is 0 Å². The van der Waals surface area contributed by atoms with E-state index in [0.29, 0.717) is 48.6 Å². The van der Waals surface area contributed by atoms with E-state index in [1.165, 1.54) is 6.42 Å². The second-order valence-corrected chi connectivity index (χ2v) is 18.8. The number of fused-ring (bicyclic) bond motifs is 2. The van der Waals surface area contributed by atoms with Crippen molar-refractivity contribution in [2.75, 3.05) is 78.5 Å². The van der Waals surface area contributed by atoms with E-state index in [2.05, 4.69) is 42.4 Å². The Morgan fingerprint density at radius 1 is 1.00 bits per heavy atom. The molecule has 334 valence electrons. The standard InChI is InChI=1S/C48H70N6O7/c1-29-39-24-35(48(39,3)4)25-40(29)50-47(59)44-43(30(2)57)42(28-56)61-54(44)26-32-15-13-16-38(45(32)60-10)33-20-34(23-37(22-33)52(7)8)46(58)49-36(27-51(5)6)21-31-14-11-12-17-41(31)53(9)18-19-55/h11-17,20,22-23,29-30,35-36,39-40,42-44,55-57H,18-19,21,24-28H2,1-10H3,(H,49,58)(H,50,59)/t29-,30-,35-,36-,39-,40-,42-,43+,44-/m0/s1. The summed E-state index contributed by atoms with van der Waals surface area (Å²) < 4.78 is 6.14. The van der Waals surface area contributed by atoms with E-state index < -0.39 is 24.2 Å². The Morgan fingerprint density at radius 3 is 2.34 bits per heavy atom. The van der Waals surface area contributed by atoms with Crippen LogP contribution in [0, 0.1) is 29.1 Å². The van der Waals surface area contributed by atoms with Crippen LogP contribution in [0.3, 0.4) is 0 Å². The minimum Gasteiger partial charge on any atom is -0.496 e. The lowest BCUT2D eigenvalue weighted by Crippen LogP contribution is -2.62. The van der Waals surface area contributed by atoms with Gasteiger partial charge in [-0.2, -0.15) is 5.06 Å². The van der Waals surface area contributed by atoms with E-state index in [1.807, 2.05) is 99.6 Å². The van der Waals surface area contributed by atoms with Crippen molar-refractivity contribution in [3.63, 3.8) is 0 Å². The highest BCUT2D eigenvalue weighted by atomic mass is 16.7. The van der Waals surface area contributed by atoms with Crippen LogP contribution >= 0.6 is 0 Å². The summed E-state index contributed by atoms with van der Waals surface area (Å²) in [6.45, 7) is 9.50. The van der Waals surface area contributed by atoms with Crippen molar-refractivity contribution in [2.24, 2.45) is 29.1 Å². The number of benzene rings is 3. The van der Waals surface area contributed by atoms with Gasteiger partial charge in [-0.25, -0.2) is 0 Å². The third-order valence-corrected chi connectivity index (χ3v) is 13.9. The number of anilines is 2. The van der Waals surface area contributed by atoms with E-state index >= 15 is 0 Å².